The third-order valence-corrected chi connectivity index (χ3v) is 3.32. The Morgan fingerprint density at radius 2 is 1.89 bits per heavy atom. The maximum atomic E-state index is 5.77. The van der Waals surface area contributed by atoms with E-state index in [1.807, 2.05) is 19.9 Å². The van der Waals surface area contributed by atoms with E-state index in [4.69, 9.17) is 20.9 Å². The molecule has 0 saturated carbocycles. The first-order valence-corrected chi connectivity index (χ1v) is 6.42. The third kappa shape index (κ3) is 3.83. The van der Waals surface area contributed by atoms with Crippen LogP contribution in [0.25, 0.3) is 0 Å². The smallest absolute Gasteiger partial charge is 0.126 e. The normalized spacial score (nSPS) is 12.3. The van der Waals surface area contributed by atoms with Gasteiger partial charge in [0.25, 0.3) is 0 Å². The zero-order chi connectivity index (χ0) is 14.4. The molecule has 1 aromatic rings. The largest absolute Gasteiger partial charge is 0.496 e. The van der Waals surface area contributed by atoms with Crippen molar-refractivity contribution in [2.24, 2.45) is 11.5 Å². The fraction of sp³-hybridized carbons (Fsp3) is 0.571. The molecule has 0 bridgehead atoms. The molecule has 0 radical (unpaired) electrons. The molecular weight excluding hydrogens is 242 g/mol. The summed E-state index contributed by atoms with van der Waals surface area (Å²) < 4.78 is 10.9. The van der Waals surface area contributed by atoms with E-state index in [1.54, 1.807) is 14.2 Å². The number of ether oxygens (including phenoxy) is 2. The second-order valence-corrected chi connectivity index (χ2v) is 4.65. The lowest BCUT2D eigenvalue weighted by molar-refractivity contribution is 0.391. The lowest BCUT2D eigenvalue weighted by Crippen LogP contribution is -2.39. The fourth-order valence-electron chi connectivity index (χ4n) is 2.03. The van der Waals surface area contributed by atoms with Crippen LogP contribution in [-0.4, -0.2) is 33.4 Å². The van der Waals surface area contributed by atoms with Crippen molar-refractivity contribution >= 4 is 0 Å². The summed E-state index contributed by atoms with van der Waals surface area (Å²) in [5.74, 6) is 1.77. The molecule has 0 saturated heterocycles. The number of hydrogen-bond donors (Lipinski definition) is 3. The van der Waals surface area contributed by atoms with E-state index in [2.05, 4.69) is 5.32 Å². The Bertz CT molecular complexity index is 422. The van der Waals surface area contributed by atoms with E-state index in [-0.39, 0.29) is 6.04 Å². The maximum absolute atomic E-state index is 5.77. The minimum Gasteiger partial charge on any atom is -0.496 e. The van der Waals surface area contributed by atoms with Crippen LogP contribution >= 0.6 is 0 Å². The molecular formula is C14H25N3O2. The van der Waals surface area contributed by atoms with Gasteiger partial charge in [0.2, 0.25) is 0 Å². The summed E-state index contributed by atoms with van der Waals surface area (Å²) in [6.07, 6.45) is 0. The van der Waals surface area contributed by atoms with Crippen LogP contribution in [0.3, 0.4) is 0 Å². The molecule has 108 valence electrons. The van der Waals surface area contributed by atoms with Gasteiger partial charge in [0.1, 0.15) is 11.5 Å². The van der Waals surface area contributed by atoms with Crippen molar-refractivity contribution in [1.29, 1.82) is 0 Å². The van der Waals surface area contributed by atoms with Gasteiger partial charge < -0.3 is 26.3 Å². The molecule has 19 heavy (non-hydrogen) atoms. The van der Waals surface area contributed by atoms with Crippen LogP contribution in [0.5, 0.6) is 11.5 Å². The standard InChI is InChI=1S/C14H25N3O2/c1-9-10(2)14(19-4)11(5-13(9)18-3)7-17-8-12(16)6-15/h5,12,17H,6-8,15-16H2,1-4H3. The zero-order valence-electron chi connectivity index (χ0n) is 12.2. The van der Waals surface area contributed by atoms with Gasteiger partial charge in [0, 0.05) is 31.2 Å². The van der Waals surface area contributed by atoms with E-state index in [0.717, 1.165) is 28.2 Å². The first kappa shape index (κ1) is 15.8. The van der Waals surface area contributed by atoms with Crippen LogP contribution < -0.4 is 26.3 Å². The Hall–Kier alpha value is -1.30. The Balaban J connectivity index is 2.89. The molecule has 1 rings (SSSR count). The summed E-state index contributed by atoms with van der Waals surface area (Å²) in [6.45, 7) is 5.88. The quantitative estimate of drug-likeness (QED) is 0.677. The molecule has 1 atom stereocenters. The number of hydrogen-bond acceptors (Lipinski definition) is 5. The van der Waals surface area contributed by atoms with Crippen molar-refractivity contribution in [3.05, 3.63) is 22.8 Å². The van der Waals surface area contributed by atoms with Crippen LogP contribution in [0.1, 0.15) is 16.7 Å². The van der Waals surface area contributed by atoms with Crippen LogP contribution in [0.4, 0.5) is 0 Å². The predicted molar refractivity (Wildman–Crippen MR) is 77.8 cm³/mol. The van der Waals surface area contributed by atoms with Crippen molar-refractivity contribution in [3.63, 3.8) is 0 Å². The van der Waals surface area contributed by atoms with Crippen LogP contribution in [0.2, 0.25) is 0 Å². The van der Waals surface area contributed by atoms with Crippen molar-refractivity contribution in [2.75, 3.05) is 27.3 Å². The Morgan fingerprint density at radius 1 is 1.21 bits per heavy atom. The topological polar surface area (TPSA) is 82.5 Å². The number of nitrogens with one attached hydrogen (secondary N) is 1. The molecule has 0 fully saturated rings. The molecule has 0 aromatic heterocycles. The van der Waals surface area contributed by atoms with E-state index in [1.165, 1.54) is 0 Å². The van der Waals surface area contributed by atoms with Gasteiger partial charge in [-0.25, -0.2) is 0 Å². The maximum Gasteiger partial charge on any atom is 0.126 e. The monoisotopic (exact) mass is 267 g/mol. The van der Waals surface area contributed by atoms with Gasteiger partial charge in [0.05, 0.1) is 14.2 Å². The molecule has 1 unspecified atom stereocenters. The highest BCUT2D eigenvalue weighted by Gasteiger charge is 2.13. The van der Waals surface area contributed by atoms with Gasteiger partial charge in [-0.2, -0.15) is 0 Å². The van der Waals surface area contributed by atoms with Crippen molar-refractivity contribution < 1.29 is 9.47 Å². The van der Waals surface area contributed by atoms with E-state index in [0.29, 0.717) is 19.6 Å². The summed E-state index contributed by atoms with van der Waals surface area (Å²) >= 11 is 0. The summed E-state index contributed by atoms with van der Waals surface area (Å²) in [4.78, 5) is 0. The summed E-state index contributed by atoms with van der Waals surface area (Å²) in [5, 5.41) is 3.28. The van der Waals surface area contributed by atoms with E-state index in [9.17, 15) is 0 Å². The van der Waals surface area contributed by atoms with Crippen LogP contribution in [0.15, 0.2) is 6.07 Å². The lowest BCUT2D eigenvalue weighted by atomic mass is 10.0. The summed E-state index contributed by atoms with van der Waals surface area (Å²) in [6, 6.07) is 1.97. The van der Waals surface area contributed by atoms with Gasteiger partial charge in [-0.3, -0.25) is 0 Å². The summed E-state index contributed by atoms with van der Waals surface area (Å²) in [5.41, 5.74) is 14.5. The van der Waals surface area contributed by atoms with Gasteiger partial charge in [0.15, 0.2) is 0 Å². The molecule has 0 spiro atoms. The minimum atomic E-state index is -0.0283. The molecule has 0 amide bonds. The molecule has 5 nitrogen and oxygen atoms in total. The number of nitrogens with two attached hydrogens (primary N) is 2. The van der Waals surface area contributed by atoms with Crippen LogP contribution in [0, 0.1) is 13.8 Å². The lowest BCUT2D eigenvalue weighted by Gasteiger charge is -2.18. The number of methoxy groups -OCH3 is 2. The third-order valence-electron chi connectivity index (χ3n) is 3.32. The SMILES string of the molecule is COc1cc(CNCC(N)CN)c(OC)c(C)c1C. The second-order valence-electron chi connectivity index (χ2n) is 4.65. The average Bonchev–Trinajstić information content (AvgIpc) is 2.42. The fourth-order valence-corrected chi connectivity index (χ4v) is 2.03. The first-order valence-electron chi connectivity index (χ1n) is 6.42. The highest BCUT2D eigenvalue weighted by molar-refractivity contribution is 5.52. The van der Waals surface area contributed by atoms with Crippen LogP contribution in [-0.2, 0) is 6.54 Å². The Morgan fingerprint density at radius 3 is 2.42 bits per heavy atom. The molecule has 5 heteroatoms. The van der Waals surface area contributed by atoms with Gasteiger partial charge in [-0.1, -0.05) is 0 Å². The molecule has 0 aliphatic heterocycles. The number of rotatable bonds is 7. The van der Waals surface area contributed by atoms with Gasteiger partial charge >= 0.3 is 0 Å². The second kappa shape index (κ2) is 7.33. The predicted octanol–water partition coefficient (Wildman–Crippen LogP) is 0.696. The molecule has 0 aliphatic rings. The van der Waals surface area contributed by atoms with Crippen molar-refractivity contribution in [1.82, 2.24) is 5.32 Å². The Kier molecular flexibility index (Phi) is 6.08. The summed E-state index contributed by atoms with van der Waals surface area (Å²) in [7, 11) is 3.36. The van der Waals surface area contributed by atoms with Gasteiger partial charge in [-0.05, 0) is 31.0 Å². The minimum absolute atomic E-state index is 0.0283. The highest BCUT2D eigenvalue weighted by atomic mass is 16.5. The first-order chi connectivity index (χ1) is 9.04. The van der Waals surface area contributed by atoms with Gasteiger partial charge in [-0.15, -0.1) is 0 Å². The molecule has 1 aromatic carbocycles. The highest BCUT2D eigenvalue weighted by Crippen LogP contribution is 2.33. The van der Waals surface area contributed by atoms with Crippen molar-refractivity contribution in [2.45, 2.75) is 26.4 Å². The number of benzene rings is 1. The Labute approximate surface area is 115 Å². The van der Waals surface area contributed by atoms with E-state index < -0.39 is 0 Å². The van der Waals surface area contributed by atoms with E-state index >= 15 is 0 Å². The molecule has 0 aliphatic carbocycles. The van der Waals surface area contributed by atoms with Crippen molar-refractivity contribution in [3.8, 4) is 11.5 Å². The zero-order valence-corrected chi connectivity index (χ0v) is 12.2. The molecule has 0 heterocycles. The average molecular weight is 267 g/mol. The molecule has 5 N–H and O–H groups in total.